The molecule has 1 aromatic carbocycles. The van der Waals surface area contributed by atoms with Gasteiger partial charge in [-0.15, -0.1) is 12.3 Å². The maximum atomic E-state index is 9.73. The van der Waals surface area contributed by atoms with E-state index in [0.29, 0.717) is 39.4 Å². The normalized spacial score (nSPS) is 10.9. The van der Waals surface area contributed by atoms with Crippen molar-refractivity contribution >= 4 is 40.2 Å². The van der Waals surface area contributed by atoms with Crippen molar-refractivity contribution in [2.45, 2.75) is 29.4 Å². The van der Waals surface area contributed by atoms with Gasteiger partial charge in [0.15, 0.2) is 22.5 Å². The Morgan fingerprint density at radius 1 is 1.32 bits per heavy atom. The summed E-state index contributed by atoms with van der Waals surface area (Å²) < 4.78 is 2.00. The highest BCUT2D eigenvalue weighted by Crippen LogP contribution is 2.40. The van der Waals surface area contributed by atoms with Crippen LogP contribution in [0.25, 0.3) is 11.0 Å². The first-order chi connectivity index (χ1) is 12.0. The van der Waals surface area contributed by atoms with Crippen LogP contribution >= 0.6 is 23.4 Å². The van der Waals surface area contributed by atoms with Crippen LogP contribution < -0.4 is 5.73 Å². The molecule has 4 N–H and O–H groups in total. The Morgan fingerprint density at radius 2 is 2.08 bits per heavy atom. The lowest BCUT2D eigenvalue weighted by Crippen LogP contribution is -2.00. The Morgan fingerprint density at radius 3 is 2.84 bits per heavy atom. The lowest BCUT2D eigenvalue weighted by Gasteiger charge is -2.09. The highest BCUT2D eigenvalue weighted by atomic mass is 35.5. The molecule has 0 amide bonds. The molecule has 0 atom stereocenters. The summed E-state index contributed by atoms with van der Waals surface area (Å²) in [4.78, 5) is 9.20. The van der Waals surface area contributed by atoms with E-state index in [9.17, 15) is 10.2 Å². The predicted molar refractivity (Wildman–Crippen MR) is 98.9 cm³/mol. The van der Waals surface area contributed by atoms with Gasteiger partial charge in [-0.1, -0.05) is 11.6 Å². The zero-order valence-corrected chi connectivity index (χ0v) is 14.7. The Kier molecular flexibility index (Phi) is 4.93. The largest absolute Gasteiger partial charge is 0.504 e. The highest BCUT2D eigenvalue weighted by Gasteiger charge is 2.17. The summed E-state index contributed by atoms with van der Waals surface area (Å²) >= 11 is 7.44. The number of halogens is 1. The van der Waals surface area contributed by atoms with E-state index in [2.05, 4.69) is 15.9 Å². The van der Waals surface area contributed by atoms with Crippen LogP contribution in [0.2, 0.25) is 5.02 Å². The second-order valence-corrected chi connectivity index (χ2v) is 6.71. The van der Waals surface area contributed by atoms with Gasteiger partial charge in [-0.25, -0.2) is 9.97 Å². The molecule has 0 aliphatic rings. The van der Waals surface area contributed by atoms with Gasteiger partial charge in [-0.2, -0.15) is 0 Å². The minimum atomic E-state index is -0.273. The number of hydrogen-bond donors (Lipinski definition) is 3. The molecule has 0 fully saturated rings. The molecule has 25 heavy (non-hydrogen) atoms. The molecule has 0 saturated carbocycles. The van der Waals surface area contributed by atoms with Gasteiger partial charge >= 0.3 is 0 Å². The molecular formula is C17H15ClN4O2S. The van der Waals surface area contributed by atoms with Crippen molar-refractivity contribution in [3.8, 4) is 23.8 Å². The fourth-order valence-corrected chi connectivity index (χ4v) is 3.63. The molecule has 6 nitrogen and oxygen atoms in total. The van der Waals surface area contributed by atoms with E-state index in [1.165, 1.54) is 23.9 Å². The minimum Gasteiger partial charge on any atom is -0.504 e. The summed E-state index contributed by atoms with van der Waals surface area (Å²) in [5.74, 6) is 2.44. The van der Waals surface area contributed by atoms with Gasteiger partial charge in [0.1, 0.15) is 5.52 Å². The fourth-order valence-electron chi connectivity index (χ4n) is 2.39. The van der Waals surface area contributed by atoms with Crippen LogP contribution in [-0.2, 0) is 6.54 Å². The SMILES string of the molecule is C#CCCCn1c(Sc2cc(O)c(O)cc2Cl)nc2c(N)nccc21. The van der Waals surface area contributed by atoms with Crippen LogP contribution in [-0.4, -0.2) is 24.7 Å². The van der Waals surface area contributed by atoms with Gasteiger partial charge in [0.2, 0.25) is 0 Å². The molecule has 3 rings (SSSR count). The maximum absolute atomic E-state index is 9.73. The smallest absolute Gasteiger partial charge is 0.174 e. The number of pyridine rings is 1. The van der Waals surface area contributed by atoms with Crippen LogP contribution in [0, 0.1) is 12.3 Å². The number of benzene rings is 1. The van der Waals surface area contributed by atoms with Crippen molar-refractivity contribution < 1.29 is 10.2 Å². The maximum Gasteiger partial charge on any atom is 0.174 e. The van der Waals surface area contributed by atoms with E-state index in [-0.39, 0.29) is 11.5 Å². The molecule has 0 bridgehead atoms. The lowest BCUT2D eigenvalue weighted by molar-refractivity contribution is 0.402. The summed E-state index contributed by atoms with van der Waals surface area (Å²) in [6, 6.07) is 4.53. The number of anilines is 1. The standard InChI is InChI=1S/C17H15ClN4O2S/c1-2-3-4-7-22-11-5-6-20-16(19)15(11)21-17(22)25-14-9-13(24)12(23)8-10(14)18/h1,5-6,8-9,23-24H,3-4,7H2,(H2,19,20). The first-order valence-corrected chi connectivity index (χ1v) is 8.64. The molecule has 3 aromatic rings. The Balaban J connectivity index is 2.06. The third-order valence-corrected chi connectivity index (χ3v) is 5.07. The fraction of sp³-hybridized carbons (Fsp3) is 0.176. The van der Waals surface area contributed by atoms with Crippen LogP contribution in [0.1, 0.15) is 12.8 Å². The van der Waals surface area contributed by atoms with Crippen LogP contribution in [0.3, 0.4) is 0 Å². The van der Waals surface area contributed by atoms with Gasteiger partial charge in [0, 0.05) is 30.1 Å². The Bertz CT molecular complexity index is 981. The monoisotopic (exact) mass is 374 g/mol. The van der Waals surface area contributed by atoms with Crippen molar-refractivity contribution in [3.63, 3.8) is 0 Å². The highest BCUT2D eigenvalue weighted by molar-refractivity contribution is 7.99. The number of aryl methyl sites for hydroxylation is 1. The van der Waals surface area contributed by atoms with Gasteiger partial charge in [-0.3, -0.25) is 0 Å². The van der Waals surface area contributed by atoms with E-state index < -0.39 is 0 Å². The predicted octanol–water partition coefficient (Wildman–Crippen LogP) is 3.64. The number of imidazole rings is 1. The average molecular weight is 375 g/mol. The molecule has 0 radical (unpaired) electrons. The van der Waals surface area contributed by atoms with Crippen molar-refractivity contribution in [3.05, 3.63) is 29.4 Å². The molecule has 2 heterocycles. The van der Waals surface area contributed by atoms with Gasteiger partial charge in [0.25, 0.3) is 0 Å². The first kappa shape index (κ1) is 17.3. The first-order valence-electron chi connectivity index (χ1n) is 7.44. The molecule has 128 valence electrons. The van der Waals surface area contributed by atoms with Crippen molar-refractivity contribution in [1.29, 1.82) is 0 Å². The number of aromatic hydroxyl groups is 2. The number of nitrogens with zero attached hydrogens (tertiary/aromatic N) is 3. The zero-order valence-electron chi connectivity index (χ0n) is 13.1. The van der Waals surface area contributed by atoms with Gasteiger partial charge in [-0.05, 0) is 30.3 Å². The van der Waals surface area contributed by atoms with Gasteiger partial charge in [0.05, 0.1) is 10.5 Å². The van der Waals surface area contributed by atoms with Crippen molar-refractivity contribution in [2.75, 3.05) is 5.73 Å². The number of terminal acetylenes is 1. The second kappa shape index (κ2) is 7.13. The third-order valence-electron chi connectivity index (χ3n) is 3.59. The van der Waals surface area contributed by atoms with E-state index in [4.69, 9.17) is 23.8 Å². The minimum absolute atomic E-state index is 0.247. The Labute approximate surface area is 153 Å². The molecule has 0 saturated heterocycles. The zero-order chi connectivity index (χ0) is 18.0. The van der Waals surface area contributed by atoms with E-state index >= 15 is 0 Å². The summed E-state index contributed by atoms with van der Waals surface area (Å²) in [7, 11) is 0. The van der Waals surface area contributed by atoms with E-state index in [1.807, 2.05) is 10.6 Å². The summed E-state index contributed by atoms with van der Waals surface area (Å²) in [6.45, 7) is 0.661. The number of unbranched alkanes of at least 4 members (excludes halogenated alkanes) is 1. The number of hydrogen-bond acceptors (Lipinski definition) is 6. The molecule has 0 unspecified atom stereocenters. The molecule has 8 heteroatoms. The second-order valence-electron chi connectivity index (χ2n) is 5.29. The third kappa shape index (κ3) is 3.45. The van der Waals surface area contributed by atoms with E-state index in [0.717, 1.165) is 11.9 Å². The lowest BCUT2D eigenvalue weighted by atomic mass is 10.3. The number of aromatic nitrogens is 3. The Hall–Kier alpha value is -2.56. The number of phenolic OH excluding ortho intramolecular Hbond substituents is 2. The number of nitrogens with two attached hydrogens (primary N) is 1. The van der Waals surface area contributed by atoms with Crippen LogP contribution in [0.4, 0.5) is 5.82 Å². The van der Waals surface area contributed by atoms with Gasteiger partial charge < -0.3 is 20.5 Å². The summed E-state index contributed by atoms with van der Waals surface area (Å²) in [5.41, 5.74) is 7.39. The van der Waals surface area contributed by atoms with Crippen LogP contribution in [0.15, 0.2) is 34.4 Å². The molecular weight excluding hydrogens is 360 g/mol. The molecule has 2 aromatic heterocycles. The summed E-state index contributed by atoms with van der Waals surface area (Å²) in [5, 5.41) is 20.2. The molecule has 0 aliphatic carbocycles. The summed E-state index contributed by atoms with van der Waals surface area (Å²) in [6.07, 6.45) is 8.40. The number of nitrogen functional groups attached to an aromatic ring is 1. The topological polar surface area (TPSA) is 97.2 Å². The van der Waals surface area contributed by atoms with E-state index in [1.54, 1.807) is 6.20 Å². The molecule has 0 aliphatic heterocycles. The van der Waals surface area contributed by atoms with Crippen LogP contribution in [0.5, 0.6) is 11.5 Å². The number of fused-ring (bicyclic) bond motifs is 1. The number of rotatable bonds is 5. The van der Waals surface area contributed by atoms with Crippen molar-refractivity contribution in [2.24, 2.45) is 0 Å². The van der Waals surface area contributed by atoms with Crippen molar-refractivity contribution in [1.82, 2.24) is 14.5 Å². The average Bonchev–Trinajstić information content (AvgIpc) is 2.92. The quantitative estimate of drug-likeness (QED) is 0.358. The number of phenols is 2. The molecule has 0 spiro atoms.